The van der Waals surface area contributed by atoms with Gasteiger partial charge in [0, 0.05) is 23.4 Å². The molecule has 7 nitrogen and oxygen atoms in total. The molecule has 0 spiro atoms. The Morgan fingerprint density at radius 3 is 2.37 bits per heavy atom. The maximum Gasteiger partial charge on any atom is 0.319 e. The third kappa shape index (κ3) is 7.17. The van der Waals surface area contributed by atoms with E-state index in [-0.39, 0.29) is 12.1 Å². The number of anilines is 1. The lowest BCUT2D eigenvalue weighted by Crippen LogP contribution is -2.44. The molecule has 0 aliphatic carbocycles. The number of carbonyl (C=O) groups is 1. The van der Waals surface area contributed by atoms with Gasteiger partial charge in [0.15, 0.2) is 0 Å². The Balaban J connectivity index is 1.15. The molecule has 0 bridgehead atoms. The minimum Gasteiger partial charge on any atom is -0.492 e. The van der Waals surface area contributed by atoms with Crippen molar-refractivity contribution >= 4 is 22.5 Å². The molecule has 7 heteroatoms. The van der Waals surface area contributed by atoms with Crippen LogP contribution in [0.2, 0.25) is 0 Å². The van der Waals surface area contributed by atoms with E-state index in [9.17, 15) is 4.79 Å². The average Bonchev–Trinajstić information content (AvgIpc) is 2.95. The first kappa shape index (κ1) is 26.3. The lowest BCUT2D eigenvalue weighted by molar-refractivity contribution is 0.183. The molecule has 3 aromatic carbocycles. The van der Waals surface area contributed by atoms with E-state index in [0.717, 1.165) is 72.6 Å². The van der Waals surface area contributed by atoms with E-state index in [0.29, 0.717) is 6.61 Å². The van der Waals surface area contributed by atoms with Gasteiger partial charge in [0.2, 0.25) is 0 Å². The monoisotopic (exact) mass is 516 g/mol. The predicted octanol–water partition coefficient (Wildman–Crippen LogP) is 5.50. The second kappa shape index (κ2) is 13.0. The van der Waals surface area contributed by atoms with Gasteiger partial charge in [-0.2, -0.15) is 0 Å². The molecule has 5 rings (SSSR count). The number of benzene rings is 3. The molecule has 2 fully saturated rings. The highest BCUT2D eigenvalue weighted by molar-refractivity contribution is 6.03. The van der Waals surface area contributed by atoms with E-state index >= 15 is 0 Å². The highest BCUT2D eigenvalue weighted by atomic mass is 16.5. The third-order valence-corrected chi connectivity index (χ3v) is 7.63. The van der Waals surface area contributed by atoms with Crippen molar-refractivity contribution in [3.8, 4) is 11.5 Å². The van der Waals surface area contributed by atoms with E-state index in [2.05, 4.69) is 39.6 Å². The number of urea groups is 1. The Labute approximate surface area is 226 Å². The van der Waals surface area contributed by atoms with Crippen LogP contribution < -0.4 is 20.1 Å². The minimum atomic E-state index is -0.156. The van der Waals surface area contributed by atoms with Crippen LogP contribution in [0.15, 0.2) is 60.7 Å². The minimum absolute atomic E-state index is 0.156. The fraction of sp³-hybridized carbons (Fsp3) is 0.452. The second-order valence-corrected chi connectivity index (χ2v) is 10.5. The van der Waals surface area contributed by atoms with Gasteiger partial charge in [-0.25, -0.2) is 4.79 Å². The maximum atomic E-state index is 12.7. The van der Waals surface area contributed by atoms with Crippen molar-refractivity contribution in [2.45, 2.75) is 44.8 Å². The van der Waals surface area contributed by atoms with E-state index < -0.39 is 0 Å². The molecular formula is C31H40N4O3. The summed E-state index contributed by atoms with van der Waals surface area (Å²) in [6.07, 6.45) is 5.91. The van der Waals surface area contributed by atoms with E-state index in [1.165, 1.54) is 32.4 Å². The van der Waals surface area contributed by atoms with Crippen molar-refractivity contribution in [1.82, 2.24) is 15.1 Å². The molecule has 2 aliphatic rings. The average molecular weight is 517 g/mol. The quantitative estimate of drug-likeness (QED) is 0.393. The zero-order valence-electron chi connectivity index (χ0n) is 22.5. The number of nitrogens with zero attached hydrogens (tertiary/aromatic N) is 2. The molecule has 202 valence electrons. The molecule has 0 atom stereocenters. The first-order valence-corrected chi connectivity index (χ1v) is 14.0. The van der Waals surface area contributed by atoms with Gasteiger partial charge in [-0.05, 0) is 88.7 Å². The molecule has 0 unspecified atom stereocenters. The molecule has 2 aliphatic heterocycles. The summed E-state index contributed by atoms with van der Waals surface area (Å²) < 4.78 is 12.2. The Morgan fingerprint density at radius 2 is 1.61 bits per heavy atom. The number of rotatable bonds is 9. The largest absolute Gasteiger partial charge is 0.492 e. The molecule has 0 radical (unpaired) electrons. The van der Waals surface area contributed by atoms with Crippen LogP contribution >= 0.6 is 0 Å². The highest BCUT2D eigenvalue weighted by Crippen LogP contribution is 2.32. The Kier molecular flexibility index (Phi) is 8.99. The molecule has 0 saturated carbocycles. The third-order valence-electron chi connectivity index (χ3n) is 7.63. The molecule has 3 aromatic rings. The van der Waals surface area contributed by atoms with E-state index in [1.807, 2.05) is 48.5 Å². The first-order chi connectivity index (χ1) is 18.6. The van der Waals surface area contributed by atoms with Crippen LogP contribution in [0.1, 0.15) is 37.7 Å². The van der Waals surface area contributed by atoms with Gasteiger partial charge in [-0.3, -0.25) is 4.90 Å². The van der Waals surface area contributed by atoms with Crippen LogP contribution in [-0.2, 0) is 6.61 Å². The summed E-state index contributed by atoms with van der Waals surface area (Å²) >= 11 is 0. The molecule has 2 heterocycles. The smallest absolute Gasteiger partial charge is 0.319 e. The summed E-state index contributed by atoms with van der Waals surface area (Å²) in [5.74, 6) is 1.69. The lowest BCUT2D eigenvalue weighted by atomic mass is 10.1. The standard InChI is InChI=1S/C31H40N4O3/c1-34-19-15-25(16-20-34)32-31(36)33-29-13-14-30(28-8-4-3-7-27(28)29)38-23-24-9-11-26(12-10-24)37-22-21-35-17-5-2-6-18-35/h3-4,7-14,25H,2,5-6,15-23H2,1H3,(H2,32,33,36). The second-order valence-electron chi connectivity index (χ2n) is 10.5. The van der Waals surface area contributed by atoms with E-state index in [4.69, 9.17) is 9.47 Å². The SMILES string of the molecule is CN1CCC(NC(=O)Nc2ccc(OCc3ccc(OCCN4CCCCC4)cc3)c3ccccc23)CC1. The van der Waals surface area contributed by atoms with Crippen LogP contribution in [0.5, 0.6) is 11.5 Å². The number of fused-ring (bicyclic) bond motifs is 1. The number of carbonyl (C=O) groups excluding carboxylic acids is 1. The van der Waals surface area contributed by atoms with Crippen LogP contribution in [0, 0.1) is 0 Å². The number of likely N-dealkylation sites (tertiary alicyclic amines) is 2. The summed E-state index contributed by atoms with van der Waals surface area (Å²) in [5.41, 5.74) is 1.86. The zero-order valence-corrected chi connectivity index (χ0v) is 22.5. The molecule has 0 aromatic heterocycles. The topological polar surface area (TPSA) is 66.1 Å². The summed E-state index contributed by atoms with van der Waals surface area (Å²) in [7, 11) is 2.12. The van der Waals surface area contributed by atoms with Gasteiger partial charge in [0.05, 0.1) is 5.69 Å². The normalized spacial score (nSPS) is 17.3. The number of ether oxygens (including phenoxy) is 2. The fourth-order valence-electron chi connectivity index (χ4n) is 5.32. The summed E-state index contributed by atoms with van der Waals surface area (Å²) in [6.45, 7) is 6.57. The molecule has 2 amide bonds. The number of piperidine rings is 2. The van der Waals surface area contributed by atoms with Crippen LogP contribution in [0.3, 0.4) is 0 Å². The van der Waals surface area contributed by atoms with Crippen molar-refractivity contribution in [2.24, 2.45) is 0 Å². The number of hydrogen-bond acceptors (Lipinski definition) is 5. The molecular weight excluding hydrogens is 476 g/mol. The number of hydrogen-bond donors (Lipinski definition) is 2. The van der Waals surface area contributed by atoms with Crippen molar-refractivity contribution < 1.29 is 14.3 Å². The van der Waals surface area contributed by atoms with Crippen LogP contribution in [-0.4, -0.2) is 68.3 Å². The van der Waals surface area contributed by atoms with Gasteiger partial charge in [-0.15, -0.1) is 0 Å². The van der Waals surface area contributed by atoms with Crippen molar-refractivity contribution in [1.29, 1.82) is 0 Å². The fourth-order valence-corrected chi connectivity index (χ4v) is 5.32. The van der Waals surface area contributed by atoms with Crippen molar-refractivity contribution in [2.75, 3.05) is 51.7 Å². The Bertz CT molecular complexity index is 1190. The van der Waals surface area contributed by atoms with Gasteiger partial charge >= 0.3 is 6.03 Å². The summed E-state index contributed by atoms with van der Waals surface area (Å²) in [5, 5.41) is 8.11. The lowest BCUT2D eigenvalue weighted by Gasteiger charge is -2.29. The Morgan fingerprint density at radius 1 is 0.868 bits per heavy atom. The molecule has 2 N–H and O–H groups in total. The predicted molar refractivity (Wildman–Crippen MR) is 153 cm³/mol. The van der Waals surface area contributed by atoms with Gasteiger partial charge in [0.1, 0.15) is 24.7 Å². The number of amides is 2. The number of nitrogens with one attached hydrogen (secondary N) is 2. The Hall–Kier alpha value is -3.29. The summed E-state index contributed by atoms with van der Waals surface area (Å²) in [4.78, 5) is 17.5. The first-order valence-electron chi connectivity index (χ1n) is 14.0. The van der Waals surface area contributed by atoms with E-state index in [1.54, 1.807) is 0 Å². The maximum absolute atomic E-state index is 12.7. The summed E-state index contributed by atoms with van der Waals surface area (Å²) in [6, 6.07) is 20.1. The molecule has 2 saturated heterocycles. The van der Waals surface area contributed by atoms with Gasteiger partial charge in [-0.1, -0.05) is 42.8 Å². The van der Waals surface area contributed by atoms with Gasteiger partial charge < -0.3 is 25.0 Å². The van der Waals surface area contributed by atoms with Gasteiger partial charge in [0.25, 0.3) is 0 Å². The van der Waals surface area contributed by atoms with Crippen LogP contribution in [0.25, 0.3) is 10.8 Å². The molecule has 38 heavy (non-hydrogen) atoms. The zero-order chi connectivity index (χ0) is 26.2. The highest BCUT2D eigenvalue weighted by Gasteiger charge is 2.19. The van der Waals surface area contributed by atoms with Crippen molar-refractivity contribution in [3.63, 3.8) is 0 Å². The van der Waals surface area contributed by atoms with Crippen molar-refractivity contribution in [3.05, 3.63) is 66.2 Å². The van der Waals surface area contributed by atoms with Crippen LogP contribution in [0.4, 0.5) is 10.5 Å².